The van der Waals surface area contributed by atoms with E-state index >= 15 is 0 Å². The fourth-order valence-electron chi connectivity index (χ4n) is 1.59. The quantitative estimate of drug-likeness (QED) is 0.823. The molecule has 1 aromatic rings. The van der Waals surface area contributed by atoms with E-state index in [0.717, 1.165) is 18.6 Å². The second-order valence-electron chi connectivity index (χ2n) is 6.29. The maximum atomic E-state index is 9.27. The molecule has 18 heavy (non-hydrogen) atoms. The van der Waals surface area contributed by atoms with Gasteiger partial charge in [-0.15, -0.1) is 0 Å². The Hall–Kier alpha value is -0.643. The largest absolute Gasteiger partial charge is 0.416 e. The molecule has 0 aromatic heterocycles. The third-order valence-corrected chi connectivity index (χ3v) is 8.47. The van der Waals surface area contributed by atoms with Gasteiger partial charge in [0.2, 0.25) is 0 Å². The van der Waals surface area contributed by atoms with Crippen LogP contribution in [0.5, 0.6) is 0 Å². The van der Waals surface area contributed by atoms with Crippen molar-refractivity contribution in [3.8, 4) is 0 Å². The van der Waals surface area contributed by atoms with Crippen LogP contribution in [0.3, 0.4) is 0 Å². The van der Waals surface area contributed by atoms with E-state index in [1.807, 2.05) is 18.2 Å². The summed E-state index contributed by atoms with van der Waals surface area (Å²) in [5, 5.41) is 9.53. The summed E-state index contributed by atoms with van der Waals surface area (Å²) in [5.74, 6) is 0. The van der Waals surface area contributed by atoms with E-state index in [-0.39, 0.29) is 11.6 Å². The Morgan fingerprint density at radius 3 is 2.17 bits per heavy atom. The third kappa shape index (κ3) is 3.94. The van der Waals surface area contributed by atoms with Crippen LogP contribution in [0, 0.1) is 0 Å². The molecule has 0 heterocycles. The summed E-state index contributed by atoms with van der Waals surface area (Å²) in [6.07, 6.45) is 0.878. The standard InChI is InChI=1S/C15H26O2Si/c1-15(2,3)18(4,5)17-11-10-13-8-6-7-9-14(13)12-16/h6-9,16H,10-12H2,1-5H3. The van der Waals surface area contributed by atoms with Crippen molar-refractivity contribution in [1.29, 1.82) is 0 Å². The highest BCUT2D eigenvalue weighted by Crippen LogP contribution is 2.36. The number of hydrogen-bond donors (Lipinski definition) is 1. The SMILES string of the molecule is CC(C)(C)[Si](C)(C)OCCc1ccccc1CO. The molecule has 0 bridgehead atoms. The topological polar surface area (TPSA) is 29.5 Å². The summed E-state index contributed by atoms with van der Waals surface area (Å²) in [7, 11) is -1.65. The summed E-state index contributed by atoms with van der Waals surface area (Å²) in [6.45, 7) is 12.1. The smallest absolute Gasteiger partial charge is 0.191 e. The summed E-state index contributed by atoms with van der Waals surface area (Å²) in [6, 6.07) is 8.02. The monoisotopic (exact) mass is 266 g/mol. The molecule has 0 unspecified atom stereocenters. The molecule has 0 aliphatic carbocycles. The first-order chi connectivity index (χ1) is 8.28. The summed E-state index contributed by atoms with van der Waals surface area (Å²) in [4.78, 5) is 0. The lowest BCUT2D eigenvalue weighted by atomic mass is 10.1. The van der Waals surface area contributed by atoms with Crippen LogP contribution in [0.25, 0.3) is 0 Å². The lowest BCUT2D eigenvalue weighted by Gasteiger charge is -2.36. The van der Waals surface area contributed by atoms with E-state index in [4.69, 9.17) is 4.43 Å². The lowest BCUT2D eigenvalue weighted by Crippen LogP contribution is -2.41. The Morgan fingerprint density at radius 1 is 1.11 bits per heavy atom. The molecule has 0 saturated heterocycles. The van der Waals surface area contributed by atoms with E-state index in [2.05, 4.69) is 39.9 Å². The van der Waals surface area contributed by atoms with Gasteiger partial charge in [0.05, 0.1) is 6.61 Å². The molecule has 3 heteroatoms. The highest BCUT2D eigenvalue weighted by atomic mass is 28.4. The van der Waals surface area contributed by atoms with E-state index in [1.165, 1.54) is 5.56 Å². The Bertz CT molecular complexity index is 380. The number of hydrogen-bond acceptors (Lipinski definition) is 2. The van der Waals surface area contributed by atoms with E-state index in [1.54, 1.807) is 0 Å². The number of benzene rings is 1. The van der Waals surface area contributed by atoms with E-state index in [0.29, 0.717) is 0 Å². The second-order valence-corrected chi connectivity index (χ2v) is 11.1. The fourth-order valence-corrected chi connectivity index (χ4v) is 2.63. The molecular formula is C15H26O2Si. The molecule has 1 rings (SSSR count). The van der Waals surface area contributed by atoms with Crippen LogP contribution in [0.15, 0.2) is 24.3 Å². The minimum atomic E-state index is -1.65. The fraction of sp³-hybridized carbons (Fsp3) is 0.600. The van der Waals surface area contributed by atoms with Gasteiger partial charge in [-0.25, -0.2) is 0 Å². The second kappa shape index (κ2) is 6.00. The predicted molar refractivity (Wildman–Crippen MR) is 79.2 cm³/mol. The van der Waals surface area contributed by atoms with Crippen molar-refractivity contribution >= 4 is 8.32 Å². The lowest BCUT2D eigenvalue weighted by molar-refractivity contribution is 0.275. The molecule has 0 spiro atoms. The van der Waals surface area contributed by atoms with E-state index in [9.17, 15) is 5.11 Å². The van der Waals surface area contributed by atoms with Gasteiger partial charge in [0, 0.05) is 6.61 Å². The van der Waals surface area contributed by atoms with Gasteiger partial charge in [0.1, 0.15) is 0 Å². The average molecular weight is 266 g/mol. The zero-order chi connectivity index (χ0) is 13.8. The van der Waals surface area contributed by atoms with Gasteiger partial charge >= 0.3 is 0 Å². The highest BCUT2D eigenvalue weighted by Gasteiger charge is 2.36. The van der Waals surface area contributed by atoms with Gasteiger partial charge in [0.15, 0.2) is 8.32 Å². The Labute approximate surface area is 112 Å². The summed E-state index contributed by atoms with van der Waals surface area (Å²) < 4.78 is 6.15. The van der Waals surface area contributed by atoms with Crippen molar-refractivity contribution in [2.24, 2.45) is 0 Å². The predicted octanol–water partition coefficient (Wildman–Crippen LogP) is 3.74. The van der Waals surface area contributed by atoms with E-state index < -0.39 is 8.32 Å². The summed E-state index contributed by atoms with van der Waals surface area (Å²) in [5.41, 5.74) is 2.20. The maximum Gasteiger partial charge on any atom is 0.191 e. The van der Waals surface area contributed by atoms with Crippen molar-refractivity contribution in [2.75, 3.05) is 6.61 Å². The first-order valence-corrected chi connectivity index (χ1v) is 9.50. The average Bonchev–Trinajstić information content (AvgIpc) is 2.28. The minimum absolute atomic E-state index is 0.107. The van der Waals surface area contributed by atoms with Crippen LogP contribution in [0.1, 0.15) is 31.9 Å². The van der Waals surface area contributed by atoms with Crippen LogP contribution in [-0.4, -0.2) is 20.0 Å². The van der Waals surface area contributed by atoms with Crippen LogP contribution in [0.4, 0.5) is 0 Å². The highest BCUT2D eigenvalue weighted by molar-refractivity contribution is 6.74. The van der Waals surface area contributed by atoms with Crippen LogP contribution >= 0.6 is 0 Å². The number of aliphatic hydroxyl groups excluding tert-OH is 1. The third-order valence-electron chi connectivity index (χ3n) is 3.93. The van der Waals surface area contributed by atoms with Gasteiger partial charge in [-0.1, -0.05) is 45.0 Å². The van der Waals surface area contributed by atoms with Crippen LogP contribution in [0.2, 0.25) is 18.1 Å². The van der Waals surface area contributed by atoms with Crippen molar-refractivity contribution < 1.29 is 9.53 Å². The molecule has 0 amide bonds. The molecule has 0 fully saturated rings. The first kappa shape index (κ1) is 15.4. The minimum Gasteiger partial charge on any atom is -0.416 e. The van der Waals surface area contributed by atoms with Crippen LogP contribution < -0.4 is 0 Å². The molecule has 0 saturated carbocycles. The molecule has 0 aliphatic heterocycles. The number of aliphatic hydroxyl groups is 1. The molecule has 1 aromatic carbocycles. The molecule has 1 N–H and O–H groups in total. The molecule has 102 valence electrons. The molecular weight excluding hydrogens is 240 g/mol. The Morgan fingerprint density at radius 2 is 1.67 bits per heavy atom. The van der Waals surface area contributed by atoms with Crippen molar-refractivity contribution in [1.82, 2.24) is 0 Å². The zero-order valence-corrected chi connectivity index (χ0v) is 13.3. The van der Waals surface area contributed by atoms with Crippen molar-refractivity contribution in [2.45, 2.75) is 51.9 Å². The van der Waals surface area contributed by atoms with Gasteiger partial charge < -0.3 is 9.53 Å². The van der Waals surface area contributed by atoms with Gasteiger partial charge in [0.25, 0.3) is 0 Å². The van der Waals surface area contributed by atoms with Gasteiger partial charge in [-0.05, 0) is 35.7 Å². The molecule has 2 nitrogen and oxygen atoms in total. The molecule has 0 aliphatic rings. The Balaban J connectivity index is 2.57. The van der Waals surface area contributed by atoms with Gasteiger partial charge in [-0.3, -0.25) is 0 Å². The van der Waals surface area contributed by atoms with Crippen molar-refractivity contribution in [3.05, 3.63) is 35.4 Å². The first-order valence-electron chi connectivity index (χ1n) is 6.59. The maximum absolute atomic E-state index is 9.27. The van der Waals surface area contributed by atoms with Crippen molar-refractivity contribution in [3.63, 3.8) is 0 Å². The summed E-state index contributed by atoms with van der Waals surface area (Å²) >= 11 is 0. The Kier molecular flexibility index (Phi) is 5.14. The zero-order valence-electron chi connectivity index (χ0n) is 12.3. The number of rotatable bonds is 5. The van der Waals surface area contributed by atoms with Gasteiger partial charge in [-0.2, -0.15) is 0 Å². The molecule has 0 atom stereocenters. The normalized spacial score (nSPS) is 12.8. The molecule has 0 radical (unpaired) electrons. The van der Waals surface area contributed by atoms with Crippen LogP contribution in [-0.2, 0) is 17.5 Å².